The molecule has 152 valence electrons. The molecule has 0 aromatic heterocycles. The monoisotopic (exact) mass is 430 g/mol. The Bertz CT molecular complexity index is 1060. The number of amidine groups is 1. The van der Waals surface area contributed by atoms with Gasteiger partial charge in [0.25, 0.3) is 5.91 Å². The second-order valence-corrected chi connectivity index (χ2v) is 10.7. The summed E-state index contributed by atoms with van der Waals surface area (Å²) in [6.07, 6.45) is 0.218. The summed E-state index contributed by atoms with van der Waals surface area (Å²) in [5.41, 5.74) is 2.82. The van der Waals surface area contributed by atoms with Crippen molar-refractivity contribution in [3.63, 3.8) is 0 Å². The molecule has 2 aromatic rings. The van der Waals surface area contributed by atoms with Gasteiger partial charge in [-0.15, -0.1) is 0 Å². The Balaban J connectivity index is 1.63. The summed E-state index contributed by atoms with van der Waals surface area (Å²) in [5, 5.41) is 0.449. The number of ether oxygens (including phenoxy) is 1. The van der Waals surface area contributed by atoms with E-state index in [9.17, 15) is 13.2 Å². The molecule has 2 atom stereocenters. The van der Waals surface area contributed by atoms with Crippen LogP contribution in [-0.4, -0.2) is 49.4 Å². The Hall–Kier alpha value is -2.32. The zero-order chi connectivity index (χ0) is 20.6. The fourth-order valence-electron chi connectivity index (χ4n) is 3.75. The molecular formula is C21H22N2O4S2. The van der Waals surface area contributed by atoms with Crippen LogP contribution in [0.25, 0.3) is 0 Å². The Kier molecular flexibility index (Phi) is 5.40. The lowest BCUT2D eigenvalue weighted by molar-refractivity contribution is -0.117. The van der Waals surface area contributed by atoms with Gasteiger partial charge in [0.05, 0.1) is 31.1 Å². The normalized spacial score (nSPS) is 23.9. The van der Waals surface area contributed by atoms with Gasteiger partial charge in [0.2, 0.25) is 0 Å². The Labute approximate surface area is 174 Å². The minimum atomic E-state index is -3.09. The quantitative estimate of drug-likeness (QED) is 0.743. The van der Waals surface area contributed by atoms with Gasteiger partial charge in [0.1, 0.15) is 5.75 Å². The van der Waals surface area contributed by atoms with Gasteiger partial charge in [-0.1, -0.05) is 41.6 Å². The maximum atomic E-state index is 12.6. The Morgan fingerprint density at radius 1 is 1.21 bits per heavy atom. The minimum absolute atomic E-state index is 0.0712. The molecule has 0 bridgehead atoms. The third kappa shape index (κ3) is 4.33. The highest BCUT2D eigenvalue weighted by Gasteiger charge is 2.49. The highest BCUT2D eigenvalue weighted by molar-refractivity contribution is 8.16. The maximum absolute atomic E-state index is 12.6. The van der Waals surface area contributed by atoms with Crippen molar-refractivity contribution in [2.45, 2.75) is 24.6 Å². The lowest BCUT2D eigenvalue weighted by Gasteiger charge is -2.24. The van der Waals surface area contributed by atoms with Gasteiger partial charge in [-0.3, -0.25) is 4.79 Å². The standard InChI is InChI=1S/C21H22N2O4S2/c1-14-4-3-5-15(10-14)11-20(24)22-21-23(16-6-8-17(27-2)9-7-16)18-12-29(25,26)13-19(18)28-21/h3-10,18-19H,11-13H2,1-2H3/t18-,19-/m1/s1. The fourth-order valence-corrected chi connectivity index (χ4v) is 7.68. The Morgan fingerprint density at radius 3 is 2.66 bits per heavy atom. The second-order valence-electron chi connectivity index (χ2n) is 7.32. The summed E-state index contributed by atoms with van der Waals surface area (Å²) < 4.78 is 29.5. The average Bonchev–Trinajstić information content (AvgIpc) is 3.12. The van der Waals surface area contributed by atoms with Crippen LogP contribution >= 0.6 is 11.8 Å². The number of hydrogen-bond donors (Lipinski definition) is 0. The third-order valence-electron chi connectivity index (χ3n) is 5.08. The molecule has 2 aliphatic heterocycles. The number of rotatable bonds is 4. The van der Waals surface area contributed by atoms with E-state index in [1.165, 1.54) is 11.8 Å². The second kappa shape index (κ2) is 7.84. The number of nitrogens with zero attached hydrogens (tertiary/aromatic N) is 2. The van der Waals surface area contributed by atoms with E-state index in [0.717, 1.165) is 16.8 Å². The van der Waals surface area contributed by atoms with Crippen LogP contribution in [0.15, 0.2) is 53.5 Å². The number of aliphatic imine (C=N–C) groups is 1. The van der Waals surface area contributed by atoms with Crippen LogP contribution in [-0.2, 0) is 21.1 Å². The molecule has 2 aromatic carbocycles. The van der Waals surface area contributed by atoms with Gasteiger partial charge in [0, 0.05) is 10.9 Å². The van der Waals surface area contributed by atoms with E-state index in [4.69, 9.17) is 4.74 Å². The number of aryl methyl sites for hydroxylation is 1. The number of carbonyl (C=O) groups is 1. The predicted molar refractivity (Wildman–Crippen MR) is 117 cm³/mol. The van der Waals surface area contributed by atoms with Gasteiger partial charge >= 0.3 is 0 Å². The van der Waals surface area contributed by atoms with Crippen LogP contribution in [0, 0.1) is 6.92 Å². The number of thioether (sulfide) groups is 1. The SMILES string of the molecule is COc1ccc(N2C(=NC(=O)Cc3cccc(C)c3)S[C@@H]3CS(=O)(=O)C[C@H]32)cc1. The van der Waals surface area contributed by atoms with Gasteiger partial charge in [-0.25, -0.2) is 8.42 Å². The number of benzene rings is 2. The van der Waals surface area contributed by atoms with Gasteiger partial charge < -0.3 is 9.64 Å². The molecule has 0 unspecified atom stereocenters. The summed E-state index contributed by atoms with van der Waals surface area (Å²) in [7, 11) is -1.50. The van der Waals surface area contributed by atoms with Crippen molar-refractivity contribution in [1.82, 2.24) is 0 Å². The van der Waals surface area contributed by atoms with Crippen molar-refractivity contribution in [3.05, 3.63) is 59.7 Å². The molecule has 0 radical (unpaired) electrons. The first-order valence-electron chi connectivity index (χ1n) is 9.32. The van der Waals surface area contributed by atoms with Crippen molar-refractivity contribution < 1.29 is 17.9 Å². The van der Waals surface area contributed by atoms with E-state index >= 15 is 0 Å². The van der Waals surface area contributed by atoms with Crippen LogP contribution in [0.4, 0.5) is 5.69 Å². The van der Waals surface area contributed by atoms with E-state index < -0.39 is 9.84 Å². The largest absolute Gasteiger partial charge is 0.497 e. The molecule has 2 aliphatic rings. The number of fused-ring (bicyclic) bond motifs is 1. The molecule has 4 rings (SSSR count). The molecule has 2 fully saturated rings. The minimum Gasteiger partial charge on any atom is -0.497 e. The third-order valence-corrected chi connectivity index (χ3v) is 8.29. The highest BCUT2D eigenvalue weighted by atomic mass is 32.2. The first-order valence-corrected chi connectivity index (χ1v) is 12.0. The molecule has 2 saturated heterocycles. The van der Waals surface area contributed by atoms with Crippen LogP contribution in [0.1, 0.15) is 11.1 Å². The zero-order valence-electron chi connectivity index (χ0n) is 16.2. The molecule has 0 spiro atoms. The molecule has 2 heterocycles. The summed E-state index contributed by atoms with van der Waals surface area (Å²) in [4.78, 5) is 18.9. The van der Waals surface area contributed by atoms with Crippen LogP contribution < -0.4 is 9.64 Å². The number of sulfone groups is 1. The molecular weight excluding hydrogens is 408 g/mol. The summed E-state index contributed by atoms with van der Waals surface area (Å²) in [5.74, 6) is 0.659. The molecule has 8 heteroatoms. The topological polar surface area (TPSA) is 76.0 Å². The van der Waals surface area contributed by atoms with E-state index in [1.807, 2.05) is 60.4 Å². The zero-order valence-corrected chi connectivity index (χ0v) is 17.9. The van der Waals surface area contributed by atoms with E-state index in [2.05, 4.69) is 4.99 Å². The maximum Gasteiger partial charge on any atom is 0.252 e. The van der Waals surface area contributed by atoms with Crippen molar-refractivity contribution in [1.29, 1.82) is 0 Å². The van der Waals surface area contributed by atoms with Crippen LogP contribution in [0.3, 0.4) is 0 Å². The Morgan fingerprint density at radius 2 is 1.97 bits per heavy atom. The van der Waals surface area contributed by atoms with E-state index in [-0.39, 0.29) is 35.1 Å². The van der Waals surface area contributed by atoms with E-state index in [0.29, 0.717) is 10.9 Å². The van der Waals surface area contributed by atoms with Gasteiger partial charge in [-0.2, -0.15) is 4.99 Å². The first-order chi connectivity index (χ1) is 13.8. The molecule has 29 heavy (non-hydrogen) atoms. The van der Waals surface area contributed by atoms with Crippen molar-refractivity contribution >= 4 is 38.4 Å². The molecule has 6 nitrogen and oxygen atoms in total. The predicted octanol–water partition coefficient (Wildman–Crippen LogP) is 2.85. The number of anilines is 1. The van der Waals surface area contributed by atoms with Crippen LogP contribution in [0.2, 0.25) is 0 Å². The number of carbonyl (C=O) groups excluding carboxylic acids is 1. The average molecular weight is 431 g/mol. The van der Waals surface area contributed by atoms with Crippen molar-refractivity contribution in [3.8, 4) is 5.75 Å². The number of amides is 1. The van der Waals surface area contributed by atoms with Gasteiger partial charge in [-0.05, 0) is 36.8 Å². The molecule has 0 saturated carbocycles. The smallest absolute Gasteiger partial charge is 0.252 e. The number of methoxy groups -OCH3 is 1. The lowest BCUT2D eigenvalue weighted by atomic mass is 10.1. The fraction of sp³-hybridized carbons (Fsp3) is 0.333. The highest BCUT2D eigenvalue weighted by Crippen LogP contribution is 2.41. The summed E-state index contributed by atoms with van der Waals surface area (Å²) in [6, 6.07) is 15.0. The van der Waals surface area contributed by atoms with Crippen molar-refractivity contribution in [2.75, 3.05) is 23.5 Å². The molecule has 0 N–H and O–H groups in total. The van der Waals surface area contributed by atoms with E-state index in [1.54, 1.807) is 7.11 Å². The molecule has 1 amide bonds. The van der Waals surface area contributed by atoms with Crippen LogP contribution in [0.5, 0.6) is 5.75 Å². The molecule has 0 aliphatic carbocycles. The summed E-state index contributed by atoms with van der Waals surface area (Å²) >= 11 is 1.38. The summed E-state index contributed by atoms with van der Waals surface area (Å²) in [6.45, 7) is 1.99. The van der Waals surface area contributed by atoms with Crippen molar-refractivity contribution in [2.24, 2.45) is 4.99 Å². The number of hydrogen-bond acceptors (Lipinski definition) is 5. The van der Waals surface area contributed by atoms with Gasteiger partial charge in [0.15, 0.2) is 15.0 Å². The lowest BCUT2D eigenvalue weighted by Crippen LogP contribution is -2.37. The first kappa shape index (κ1) is 20.0.